The summed E-state index contributed by atoms with van der Waals surface area (Å²) in [6, 6.07) is 5.19. The number of likely N-dealkylation sites (tertiary alicyclic amines) is 1. The van der Waals surface area contributed by atoms with E-state index in [1.54, 1.807) is 17.0 Å². The van der Waals surface area contributed by atoms with Gasteiger partial charge in [0.15, 0.2) is 5.65 Å². The number of hydrogen-bond donors (Lipinski definition) is 1. The van der Waals surface area contributed by atoms with Crippen molar-refractivity contribution in [2.75, 3.05) is 18.4 Å². The molecular weight excluding hydrogens is 440 g/mol. The van der Waals surface area contributed by atoms with Crippen LogP contribution in [0.15, 0.2) is 24.4 Å². The highest BCUT2D eigenvalue weighted by atomic mass is 35.5. The van der Waals surface area contributed by atoms with Crippen molar-refractivity contribution >= 4 is 40.4 Å². The number of halogens is 1. The summed E-state index contributed by atoms with van der Waals surface area (Å²) >= 11 is 5.87. The molecule has 9 heteroatoms. The molecule has 172 valence electrons. The molecule has 1 unspecified atom stereocenters. The third kappa shape index (κ3) is 4.44. The first kappa shape index (κ1) is 21.8. The molecule has 0 spiro atoms. The van der Waals surface area contributed by atoms with E-state index in [4.69, 9.17) is 21.6 Å². The zero-order valence-electron chi connectivity index (χ0n) is 18.7. The first-order chi connectivity index (χ1) is 16.0. The lowest BCUT2D eigenvalue weighted by molar-refractivity contribution is -0.121. The van der Waals surface area contributed by atoms with Crippen LogP contribution in [0.5, 0.6) is 0 Å². The van der Waals surface area contributed by atoms with Crippen LogP contribution in [0.3, 0.4) is 0 Å². The van der Waals surface area contributed by atoms with Gasteiger partial charge in [0.1, 0.15) is 17.2 Å². The highest BCUT2D eigenvalue weighted by Crippen LogP contribution is 2.27. The van der Waals surface area contributed by atoms with E-state index in [1.165, 1.54) is 12.6 Å². The summed E-state index contributed by atoms with van der Waals surface area (Å²) in [5, 5.41) is 3.36. The summed E-state index contributed by atoms with van der Waals surface area (Å²) in [5.74, 6) is 0.963. The highest BCUT2D eigenvalue weighted by molar-refractivity contribution is 6.30. The van der Waals surface area contributed by atoms with E-state index >= 15 is 0 Å². The molecule has 0 aromatic carbocycles. The van der Waals surface area contributed by atoms with Crippen molar-refractivity contribution in [3.05, 3.63) is 46.5 Å². The number of carbonyl (C=O) groups is 2. The van der Waals surface area contributed by atoms with Gasteiger partial charge in [0, 0.05) is 37.9 Å². The van der Waals surface area contributed by atoms with Crippen molar-refractivity contribution in [1.29, 1.82) is 0 Å². The number of fused-ring (bicyclic) bond motifs is 3. The number of aromatic nitrogens is 4. The lowest BCUT2D eigenvalue weighted by Crippen LogP contribution is -2.44. The molecule has 1 fully saturated rings. The van der Waals surface area contributed by atoms with Crippen LogP contribution in [0.25, 0.3) is 11.2 Å². The van der Waals surface area contributed by atoms with E-state index in [1.807, 2.05) is 13.0 Å². The number of anilines is 1. The first-order valence-corrected chi connectivity index (χ1v) is 12.0. The van der Waals surface area contributed by atoms with Gasteiger partial charge in [0.05, 0.1) is 16.5 Å². The Morgan fingerprint density at radius 2 is 2.00 bits per heavy atom. The third-order valence-corrected chi connectivity index (χ3v) is 6.70. The standard InChI is InChI=1S/C24H27ClN6O2/c1-15-12-18(21-22(27-15)31-11-4-2-3-7-20(31)29-21)24(33)30-10-5-6-16(14-30)23(32)28-19-9-8-17(25)13-26-19/h8-9,12-13,16H,2-7,10-11,14H2,1H3,(H,26,28,32). The Balaban J connectivity index is 1.37. The minimum absolute atomic E-state index is 0.0825. The largest absolute Gasteiger partial charge is 0.338 e. The molecule has 2 aliphatic rings. The molecule has 1 atom stereocenters. The second-order valence-corrected chi connectivity index (χ2v) is 9.35. The van der Waals surface area contributed by atoms with Gasteiger partial charge in [0.25, 0.3) is 5.91 Å². The minimum Gasteiger partial charge on any atom is -0.338 e. The second kappa shape index (κ2) is 9.09. The highest BCUT2D eigenvalue weighted by Gasteiger charge is 2.31. The first-order valence-electron chi connectivity index (χ1n) is 11.6. The molecule has 0 aliphatic carbocycles. The smallest absolute Gasteiger partial charge is 0.256 e. The minimum atomic E-state index is -0.294. The van der Waals surface area contributed by atoms with Gasteiger partial charge in [-0.2, -0.15) is 0 Å². The van der Waals surface area contributed by atoms with Gasteiger partial charge in [0.2, 0.25) is 5.91 Å². The molecule has 33 heavy (non-hydrogen) atoms. The summed E-state index contributed by atoms with van der Waals surface area (Å²) in [6.07, 6.45) is 7.30. The molecule has 1 saturated heterocycles. The molecule has 3 aromatic rings. The van der Waals surface area contributed by atoms with Crippen molar-refractivity contribution in [2.45, 2.75) is 52.0 Å². The lowest BCUT2D eigenvalue weighted by Gasteiger charge is -2.32. The average Bonchev–Trinajstić information content (AvgIpc) is 3.00. The van der Waals surface area contributed by atoms with Gasteiger partial charge in [-0.1, -0.05) is 18.0 Å². The van der Waals surface area contributed by atoms with Crippen LogP contribution in [0, 0.1) is 12.8 Å². The van der Waals surface area contributed by atoms with Gasteiger partial charge in [-0.3, -0.25) is 9.59 Å². The number of imidazole rings is 1. The fourth-order valence-corrected chi connectivity index (χ4v) is 4.91. The fourth-order valence-electron chi connectivity index (χ4n) is 4.80. The predicted octanol–water partition coefficient (Wildman–Crippen LogP) is 4.01. The van der Waals surface area contributed by atoms with Crippen LogP contribution in [0.4, 0.5) is 5.82 Å². The molecule has 2 amide bonds. The molecule has 0 saturated carbocycles. The van der Waals surface area contributed by atoms with Crippen LogP contribution >= 0.6 is 11.6 Å². The average molecular weight is 467 g/mol. The molecule has 3 aromatic heterocycles. The third-order valence-electron chi connectivity index (χ3n) is 6.48. The lowest BCUT2D eigenvalue weighted by atomic mass is 9.96. The number of pyridine rings is 2. The van der Waals surface area contributed by atoms with Crippen LogP contribution in [-0.4, -0.2) is 49.3 Å². The summed E-state index contributed by atoms with van der Waals surface area (Å²) in [7, 11) is 0. The Kier molecular flexibility index (Phi) is 6.01. The van der Waals surface area contributed by atoms with Crippen LogP contribution < -0.4 is 5.32 Å². The number of rotatable bonds is 3. The monoisotopic (exact) mass is 466 g/mol. The summed E-state index contributed by atoms with van der Waals surface area (Å²) in [4.78, 5) is 41.9. The van der Waals surface area contributed by atoms with Crippen molar-refractivity contribution < 1.29 is 9.59 Å². The molecule has 0 radical (unpaired) electrons. The number of amides is 2. The van der Waals surface area contributed by atoms with Crippen LogP contribution in [0.2, 0.25) is 5.02 Å². The summed E-state index contributed by atoms with van der Waals surface area (Å²) < 4.78 is 2.18. The van der Waals surface area contributed by atoms with E-state index in [0.29, 0.717) is 35.0 Å². The maximum absolute atomic E-state index is 13.6. The Morgan fingerprint density at radius 1 is 1.12 bits per heavy atom. The van der Waals surface area contributed by atoms with Gasteiger partial charge < -0.3 is 14.8 Å². The number of hydrogen-bond acceptors (Lipinski definition) is 5. The van der Waals surface area contributed by atoms with Crippen molar-refractivity contribution in [3.8, 4) is 0 Å². The van der Waals surface area contributed by atoms with Crippen LogP contribution in [0.1, 0.15) is 54.0 Å². The zero-order valence-corrected chi connectivity index (χ0v) is 19.4. The van der Waals surface area contributed by atoms with Crippen molar-refractivity contribution in [2.24, 2.45) is 5.92 Å². The van der Waals surface area contributed by atoms with E-state index in [2.05, 4.69) is 14.9 Å². The number of aryl methyl sites for hydroxylation is 3. The van der Waals surface area contributed by atoms with E-state index in [0.717, 1.165) is 55.8 Å². The van der Waals surface area contributed by atoms with Crippen molar-refractivity contribution in [1.82, 2.24) is 24.4 Å². The topological polar surface area (TPSA) is 93.0 Å². The maximum Gasteiger partial charge on any atom is 0.256 e. The number of carbonyl (C=O) groups excluding carboxylic acids is 2. The van der Waals surface area contributed by atoms with Gasteiger partial charge >= 0.3 is 0 Å². The van der Waals surface area contributed by atoms with Crippen LogP contribution in [-0.2, 0) is 17.8 Å². The molecule has 2 aliphatic heterocycles. The molecule has 5 heterocycles. The van der Waals surface area contributed by atoms with E-state index in [-0.39, 0.29) is 17.7 Å². The van der Waals surface area contributed by atoms with Gasteiger partial charge in [-0.15, -0.1) is 0 Å². The second-order valence-electron chi connectivity index (χ2n) is 8.91. The molecule has 1 N–H and O–H groups in total. The van der Waals surface area contributed by atoms with Gasteiger partial charge in [-0.05, 0) is 50.8 Å². The Labute approximate surface area is 197 Å². The fraction of sp³-hybridized carbons (Fsp3) is 0.458. The molecule has 8 nitrogen and oxygen atoms in total. The SMILES string of the molecule is Cc1cc(C(=O)N2CCCC(C(=O)Nc3ccc(Cl)cn3)C2)c2nc3n(c2n1)CCCCC3. The Hall–Kier alpha value is -3.00. The predicted molar refractivity (Wildman–Crippen MR) is 126 cm³/mol. The zero-order chi connectivity index (χ0) is 22.9. The Bertz CT molecular complexity index is 1210. The summed E-state index contributed by atoms with van der Waals surface area (Å²) in [6.45, 7) is 3.80. The number of nitrogens with zero attached hydrogens (tertiary/aromatic N) is 5. The van der Waals surface area contributed by atoms with E-state index in [9.17, 15) is 9.59 Å². The Morgan fingerprint density at radius 3 is 2.82 bits per heavy atom. The normalized spacial score (nSPS) is 18.6. The maximum atomic E-state index is 13.6. The van der Waals surface area contributed by atoms with Crippen molar-refractivity contribution in [3.63, 3.8) is 0 Å². The molecular formula is C24H27ClN6O2. The number of piperidine rings is 1. The van der Waals surface area contributed by atoms with Gasteiger partial charge in [-0.25, -0.2) is 15.0 Å². The molecule has 5 rings (SSSR count). The van der Waals surface area contributed by atoms with E-state index < -0.39 is 0 Å². The quantitative estimate of drug-likeness (QED) is 0.629. The summed E-state index contributed by atoms with van der Waals surface area (Å²) in [5.41, 5.74) is 2.87. The molecule has 0 bridgehead atoms. The number of nitrogens with one attached hydrogen (secondary N) is 1.